The van der Waals surface area contributed by atoms with Crippen LogP contribution in [0, 0.1) is 6.92 Å². The lowest BCUT2D eigenvalue weighted by Crippen LogP contribution is -2.00. The number of rotatable bonds is 2. The van der Waals surface area contributed by atoms with Crippen LogP contribution in [0.15, 0.2) is 42.6 Å². The lowest BCUT2D eigenvalue weighted by Gasteiger charge is -2.04. The number of benzene rings is 1. The van der Waals surface area contributed by atoms with Crippen LogP contribution in [0.4, 0.5) is 0 Å². The van der Waals surface area contributed by atoms with Crippen molar-refractivity contribution in [2.24, 2.45) is 0 Å². The van der Waals surface area contributed by atoms with Crippen molar-refractivity contribution in [3.8, 4) is 11.3 Å². The van der Waals surface area contributed by atoms with Gasteiger partial charge < -0.3 is 5.11 Å². The maximum Gasteiger partial charge on any atom is 0.337 e. The molecule has 2 aromatic rings. The molecule has 0 amide bonds. The van der Waals surface area contributed by atoms with Crippen LogP contribution in [0.1, 0.15) is 15.9 Å². The number of aromatic nitrogens is 1. The number of hydrogen-bond acceptors (Lipinski definition) is 2. The Morgan fingerprint density at radius 1 is 1.19 bits per heavy atom. The number of carboxylic acid groups (broad SMARTS) is 1. The molecule has 0 bridgehead atoms. The quantitative estimate of drug-likeness (QED) is 0.834. The van der Waals surface area contributed by atoms with Crippen LogP contribution in [0.3, 0.4) is 0 Å². The molecule has 1 aromatic heterocycles. The lowest BCUT2D eigenvalue weighted by molar-refractivity contribution is 0.0697. The van der Waals surface area contributed by atoms with E-state index in [0.717, 1.165) is 11.1 Å². The Kier molecular flexibility index (Phi) is 2.68. The zero-order chi connectivity index (χ0) is 11.5. The van der Waals surface area contributed by atoms with E-state index in [1.165, 1.54) is 0 Å². The van der Waals surface area contributed by atoms with Gasteiger partial charge in [-0.25, -0.2) is 4.79 Å². The van der Waals surface area contributed by atoms with Gasteiger partial charge in [-0.3, -0.25) is 4.98 Å². The SMILES string of the molecule is Cc1ccc(-c2ncccc2C(=O)O)cc1. The fraction of sp³-hybridized carbons (Fsp3) is 0.0769. The molecule has 0 atom stereocenters. The van der Waals surface area contributed by atoms with Gasteiger partial charge in [-0.1, -0.05) is 29.8 Å². The first-order valence-corrected chi connectivity index (χ1v) is 4.94. The van der Waals surface area contributed by atoms with Crippen LogP contribution in [-0.4, -0.2) is 16.1 Å². The van der Waals surface area contributed by atoms with Gasteiger partial charge in [-0.2, -0.15) is 0 Å². The highest BCUT2D eigenvalue weighted by atomic mass is 16.4. The van der Waals surface area contributed by atoms with Crippen molar-refractivity contribution in [1.82, 2.24) is 4.98 Å². The number of nitrogens with zero attached hydrogens (tertiary/aromatic N) is 1. The normalized spacial score (nSPS) is 10.1. The van der Waals surface area contributed by atoms with Gasteiger partial charge in [-0.05, 0) is 19.1 Å². The molecule has 0 aliphatic rings. The van der Waals surface area contributed by atoms with E-state index in [4.69, 9.17) is 5.11 Å². The summed E-state index contributed by atoms with van der Waals surface area (Å²) < 4.78 is 0. The molecule has 1 N–H and O–H groups in total. The molecule has 3 heteroatoms. The predicted molar refractivity (Wildman–Crippen MR) is 61.4 cm³/mol. The molecule has 0 aliphatic carbocycles. The summed E-state index contributed by atoms with van der Waals surface area (Å²) in [5, 5.41) is 9.04. The van der Waals surface area contributed by atoms with Crippen molar-refractivity contribution >= 4 is 5.97 Å². The molecule has 16 heavy (non-hydrogen) atoms. The summed E-state index contributed by atoms with van der Waals surface area (Å²) in [6, 6.07) is 10.8. The first kappa shape index (κ1) is 10.4. The Labute approximate surface area is 93.4 Å². The Bertz CT molecular complexity index is 518. The van der Waals surface area contributed by atoms with Crippen molar-refractivity contribution in [3.05, 3.63) is 53.7 Å². The summed E-state index contributed by atoms with van der Waals surface area (Å²) >= 11 is 0. The minimum atomic E-state index is -0.955. The molecular formula is C13H11NO2. The van der Waals surface area contributed by atoms with Crippen LogP contribution in [-0.2, 0) is 0 Å². The van der Waals surface area contributed by atoms with E-state index in [1.807, 2.05) is 31.2 Å². The van der Waals surface area contributed by atoms with Crippen molar-refractivity contribution in [2.45, 2.75) is 6.92 Å². The van der Waals surface area contributed by atoms with E-state index in [2.05, 4.69) is 4.98 Å². The van der Waals surface area contributed by atoms with Gasteiger partial charge in [0.25, 0.3) is 0 Å². The van der Waals surface area contributed by atoms with Crippen LogP contribution in [0.25, 0.3) is 11.3 Å². The molecule has 2 rings (SSSR count). The molecule has 1 heterocycles. The van der Waals surface area contributed by atoms with Crippen molar-refractivity contribution in [2.75, 3.05) is 0 Å². The zero-order valence-electron chi connectivity index (χ0n) is 8.84. The highest BCUT2D eigenvalue weighted by molar-refractivity contribution is 5.94. The highest BCUT2D eigenvalue weighted by Crippen LogP contribution is 2.21. The molecule has 3 nitrogen and oxygen atoms in total. The summed E-state index contributed by atoms with van der Waals surface area (Å²) in [5.41, 5.74) is 2.70. The topological polar surface area (TPSA) is 50.2 Å². The van der Waals surface area contributed by atoms with Crippen LogP contribution >= 0.6 is 0 Å². The van der Waals surface area contributed by atoms with E-state index in [1.54, 1.807) is 18.3 Å². The Morgan fingerprint density at radius 3 is 2.50 bits per heavy atom. The molecule has 1 aromatic carbocycles. The third-order valence-electron chi connectivity index (χ3n) is 2.36. The molecule has 80 valence electrons. The number of aromatic carboxylic acids is 1. The minimum absolute atomic E-state index is 0.228. The molecule has 0 saturated heterocycles. The van der Waals surface area contributed by atoms with Gasteiger partial charge in [0.05, 0.1) is 11.3 Å². The summed E-state index contributed by atoms with van der Waals surface area (Å²) in [5.74, 6) is -0.955. The van der Waals surface area contributed by atoms with E-state index < -0.39 is 5.97 Å². The molecular weight excluding hydrogens is 202 g/mol. The van der Waals surface area contributed by atoms with Gasteiger partial charge in [-0.15, -0.1) is 0 Å². The van der Waals surface area contributed by atoms with Gasteiger partial charge in [0, 0.05) is 11.8 Å². The fourth-order valence-corrected chi connectivity index (χ4v) is 1.52. The number of aryl methyl sites for hydroxylation is 1. The molecule has 0 spiro atoms. The first-order chi connectivity index (χ1) is 7.68. The van der Waals surface area contributed by atoms with Gasteiger partial charge in [0.2, 0.25) is 0 Å². The number of hydrogen-bond donors (Lipinski definition) is 1. The predicted octanol–water partition coefficient (Wildman–Crippen LogP) is 2.76. The number of pyridine rings is 1. The Morgan fingerprint density at radius 2 is 1.88 bits per heavy atom. The largest absolute Gasteiger partial charge is 0.478 e. The lowest BCUT2D eigenvalue weighted by atomic mass is 10.0. The molecule has 0 fully saturated rings. The van der Waals surface area contributed by atoms with E-state index >= 15 is 0 Å². The Hall–Kier alpha value is -2.16. The number of carbonyl (C=O) groups is 1. The molecule has 0 radical (unpaired) electrons. The zero-order valence-corrected chi connectivity index (χ0v) is 8.84. The molecule has 0 aliphatic heterocycles. The van der Waals surface area contributed by atoms with Crippen molar-refractivity contribution < 1.29 is 9.90 Å². The van der Waals surface area contributed by atoms with Crippen molar-refractivity contribution in [1.29, 1.82) is 0 Å². The van der Waals surface area contributed by atoms with E-state index in [9.17, 15) is 4.79 Å². The van der Waals surface area contributed by atoms with Gasteiger partial charge in [0.1, 0.15) is 0 Å². The highest BCUT2D eigenvalue weighted by Gasteiger charge is 2.11. The summed E-state index contributed by atoms with van der Waals surface area (Å²) in [4.78, 5) is 15.1. The van der Waals surface area contributed by atoms with Crippen LogP contribution < -0.4 is 0 Å². The third kappa shape index (κ3) is 1.93. The maximum absolute atomic E-state index is 11.0. The maximum atomic E-state index is 11.0. The van der Waals surface area contributed by atoms with Crippen LogP contribution in [0.5, 0.6) is 0 Å². The minimum Gasteiger partial charge on any atom is -0.478 e. The van der Waals surface area contributed by atoms with Gasteiger partial charge >= 0.3 is 5.97 Å². The number of carboxylic acids is 1. The second-order valence-electron chi connectivity index (χ2n) is 3.57. The van der Waals surface area contributed by atoms with Crippen LogP contribution in [0.2, 0.25) is 0 Å². The molecule has 0 unspecified atom stereocenters. The van der Waals surface area contributed by atoms with Gasteiger partial charge in [0.15, 0.2) is 0 Å². The smallest absolute Gasteiger partial charge is 0.337 e. The van der Waals surface area contributed by atoms with E-state index in [0.29, 0.717) is 5.69 Å². The summed E-state index contributed by atoms with van der Waals surface area (Å²) in [7, 11) is 0. The average molecular weight is 213 g/mol. The summed E-state index contributed by atoms with van der Waals surface area (Å²) in [6.07, 6.45) is 1.60. The Balaban J connectivity index is 2.55. The summed E-state index contributed by atoms with van der Waals surface area (Å²) in [6.45, 7) is 1.99. The average Bonchev–Trinajstić information content (AvgIpc) is 2.30. The molecule has 0 saturated carbocycles. The first-order valence-electron chi connectivity index (χ1n) is 4.94. The monoisotopic (exact) mass is 213 g/mol. The standard InChI is InChI=1S/C13H11NO2/c1-9-4-6-10(7-5-9)12-11(13(15)16)3-2-8-14-12/h2-8H,1H3,(H,15,16). The van der Waals surface area contributed by atoms with Crippen molar-refractivity contribution in [3.63, 3.8) is 0 Å². The third-order valence-corrected chi connectivity index (χ3v) is 2.36. The second kappa shape index (κ2) is 4.14. The second-order valence-corrected chi connectivity index (χ2v) is 3.57. The van der Waals surface area contributed by atoms with E-state index in [-0.39, 0.29) is 5.56 Å². The fourth-order valence-electron chi connectivity index (χ4n) is 1.52.